The minimum absolute atomic E-state index is 0.582. The van der Waals surface area contributed by atoms with Crippen molar-refractivity contribution in [2.45, 2.75) is 38.5 Å². The second-order valence-electron chi connectivity index (χ2n) is 4.55. The van der Waals surface area contributed by atoms with Crippen molar-refractivity contribution in [3.8, 4) is 0 Å². The highest BCUT2D eigenvalue weighted by Gasteiger charge is 2.21. The molecule has 1 aliphatic carbocycles. The average molecular weight is 231 g/mol. The molecule has 2 heterocycles. The van der Waals surface area contributed by atoms with Crippen LogP contribution in [0.2, 0.25) is 0 Å². The number of rotatable bonds is 3. The number of imidazole rings is 1. The quantitative estimate of drug-likeness (QED) is 0.851. The molecule has 5 nitrogen and oxygen atoms in total. The first-order chi connectivity index (χ1) is 8.38. The SMILES string of the molecule is CCNc1ncnc2nc(C3CCCC3)[nH]c12. The number of nitrogens with one attached hydrogen (secondary N) is 2. The van der Waals surface area contributed by atoms with E-state index in [1.54, 1.807) is 6.33 Å². The molecule has 2 aromatic rings. The lowest BCUT2D eigenvalue weighted by Gasteiger charge is -2.03. The zero-order valence-electron chi connectivity index (χ0n) is 10.0. The van der Waals surface area contributed by atoms with E-state index in [9.17, 15) is 0 Å². The molecule has 0 bridgehead atoms. The van der Waals surface area contributed by atoms with Gasteiger partial charge in [0.25, 0.3) is 0 Å². The second kappa shape index (κ2) is 4.31. The van der Waals surface area contributed by atoms with E-state index in [1.807, 2.05) is 0 Å². The Morgan fingerprint density at radius 2 is 2.18 bits per heavy atom. The summed E-state index contributed by atoms with van der Waals surface area (Å²) in [5, 5.41) is 3.23. The molecule has 0 spiro atoms. The van der Waals surface area contributed by atoms with Crippen molar-refractivity contribution in [2.75, 3.05) is 11.9 Å². The van der Waals surface area contributed by atoms with Crippen LogP contribution in [0.15, 0.2) is 6.33 Å². The summed E-state index contributed by atoms with van der Waals surface area (Å²) in [5.41, 5.74) is 1.72. The van der Waals surface area contributed by atoms with Crippen LogP contribution >= 0.6 is 0 Å². The Balaban J connectivity index is 2.02. The fourth-order valence-corrected chi connectivity index (χ4v) is 2.54. The third-order valence-corrected chi connectivity index (χ3v) is 3.39. The summed E-state index contributed by atoms with van der Waals surface area (Å²) in [5.74, 6) is 2.52. The molecular formula is C12H17N5. The molecule has 5 heteroatoms. The molecule has 0 unspecified atom stereocenters. The van der Waals surface area contributed by atoms with Gasteiger partial charge in [0.1, 0.15) is 17.7 Å². The third-order valence-electron chi connectivity index (χ3n) is 3.39. The van der Waals surface area contributed by atoms with Gasteiger partial charge in [0.15, 0.2) is 11.5 Å². The normalized spacial score (nSPS) is 16.8. The summed E-state index contributed by atoms with van der Waals surface area (Å²) in [6.07, 6.45) is 6.67. The number of hydrogen-bond acceptors (Lipinski definition) is 4. The van der Waals surface area contributed by atoms with E-state index in [0.29, 0.717) is 5.92 Å². The summed E-state index contributed by atoms with van der Waals surface area (Å²) in [6, 6.07) is 0. The zero-order valence-corrected chi connectivity index (χ0v) is 10.0. The van der Waals surface area contributed by atoms with Gasteiger partial charge < -0.3 is 10.3 Å². The van der Waals surface area contributed by atoms with Gasteiger partial charge in [0.2, 0.25) is 0 Å². The van der Waals surface area contributed by atoms with Gasteiger partial charge in [-0.3, -0.25) is 0 Å². The smallest absolute Gasteiger partial charge is 0.183 e. The molecule has 0 atom stereocenters. The van der Waals surface area contributed by atoms with E-state index in [-0.39, 0.29) is 0 Å². The van der Waals surface area contributed by atoms with Crippen molar-refractivity contribution >= 4 is 17.0 Å². The van der Waals surface area contributed by atoms with Gasteiger partial charge in [-0.1, -0.05) is 12.8 Å². The molecule has 2 aromatic heterocycles. The fourth-order valence-electron chi connectivity index (χ4n) is 2.54. The molecule has 1 aliphatic rings. The van der Waals surface area contributed by atoms with E-state index < -0.39 is 0 Å². The van der Waals surface area contributed by atoms with Crippen molar-refractivity contribution in [3.05, 3.63) is 12.2 Å². The maximum Gasteiger partial charge on any atom is 0.183 e. The van der Waals surface area contributed by atoms with Crippen LogP contribution in [0.1, 0.15) is 44.3 Å². The largest absolute Gasteiger partial charge is 0.368 e. The van der Waals surface area contributed by atoms with Gasteiger partial charge in [0, 0.05) is 12.5 Å². The summed E-state index contributed by atoms with van der Waals surface area (Å²) in [6.45, 7) is 2.91. The molecule has 3 rings (SSSR count). The molecular weight excluding hydrogens is 214 g/mol. The summed E-state index contributed by atoms with van der Waals surface area (Å²) < 4.78 is 0. The van der Waals surface area contributed by atoms with Crippen LogP contribution < -0.4 is 5.32 Å². The van der Waals surface area contributed by atoms with Gasteiger partial charge in [-0.05, 0) is 19.8 Å². The minimum atomic E-state index is 0.582. The second-order valence-corrected chi connectivity index (χ2v) is 4.55. The van der Waals surface area contributed by atoms with E-state index in [1.165, 1.54) is 25.7 Å². The van der Waals surface area contributed by atoms with E-state index in [0.717, 1.165) is 29.4 Å². The maximum absolute atomic E-state index is 4.59. The highest BCUT2D eigenvalue weighted by Crippen LogP contribution is 2.33. The van der Waals surface area contributed by atoms with Crippen LogP contribution in [-0.2, 0) is 0 Å². The summed E-state index contributed by atoms with van der Waals surface area (Å²) in [4.78, 5) is 16.4. The van der Waals surface area contributed by atoms with Crippen LogP contribution in [0.25, 0.3) is 11.2 Å². The lowest BCUT2D eigenvalue weighted by molar-refractivity contribution is 0.681. The minimum Gasteiger partial charge on any atom is -0.368 e. The van der Waals surface area contributed by atoms with E-state index in [4.69, 9.17) is 0 Å². The highest BCUT2D eigenvalue weighted by molar-refractivity contribution is 5.82. The Kier molecular flexibility index (Phi) is 2.66. The lowest BCUT2D eigenvalue weighted by atomic mass is 10.1. The van der Waals surface area contributed by atoms with Crippen molar-refractivity contribution in [1.82, 2.24) is 19.9 Å². The molecule has 1 fully saturated rings. The summed E-state index contributed by atoms with van der Waals surface area (Å²) in [7, 11) is 0. The van der Waals surface area contributed by atoms with E-state index in [2.05, 4.69) is 32.2 Å². The van der Waals surface area contributed by atoms with Crippen LogP contribution in [0, 0.1) is 0 Å². The van der Waals surface area contributed by atoms with E-state index >= 15 is 0 Å². The molecule has 90 valence electrons. The number of nitrogens with zero attached hydrogens (tertiary/aromatic N) is 3. The number of hydrogen-bond donors (Lipinski definition) is 2. The lowest BCUT2D eigenvalue weighted by Crippen LogP contribution is -2.00. The molecule has 0 saturated heterocycles. The topological polar surface area (TPSA) is 66.5 Å². The number of aromatic nitrogens is 4. The standard InChI is InChI=1S/C12H17N5/c1-2-13-11-9-12(15-7-14-11)17-10(16-9)8-5-3-4-6-8/h7-8H,2-6H2,1H3,(H2,13,14,15,16,17). The fraction of sp³-hybridized carbons (Fsp3) is 0.583. The number of H-pyrrole nitrogens is 1. The van der Waals surface area contributed by atoms with Gasteiger partial charge in [0.05, 0.1) is 0 Å². The molecule has 17 heavy (non-hydrogen) atoms. The van der Waals surface area contributed by atoms with Gasteiger partial charge >= 0.3 is 0 Å². The third kappa shape index (κ3) is 1.85. The molecule has 0 aliphatic heterocycles. The monoisotopic (exact) mass is 231 g/mol. The van der Waals surface area contributed by atoms with Crippen LogP contribution in [-0.4, -0.2) is 26.5 Å². The molecule has 0 aromatic carbocycles. The Bertz CT molecular complexity index is 513. The van der Waals surface area contributed by atoms with Gasteiger partial charge in [-0.25, -0.2) is 15.0 Å². The van der Waals surface area contributed by atoms with Crippen molar-refractivity contribution < 1.29 is 0 Å². The molecule has 0 amide bonds. The molecule has 0 radical (unpaired) electrons. The first-order valence-electron chi connectivity index (χ1n) is 6.33. The number of aromatic amines is 1. The average Bonchev–Trinajstić information content (AvgIpc) is 2.98. The van der Waals surface area contributed by atoms with Crippen molar-refractivity contribution in [2.24, 2.45) is 0 Å². The van der Waals surface area contributed by atoms with Crippen LogP contribution in [0.3, 0.4) is 0 Å². The van der Waals surface area contributed by atoms with Crippen molar-refractivity contribution in [3.63, 3.8) is 0 Å². The molecule has 1 saturated carbocycles. The Morgan fingerprint density at radius 3 is 2.94 bits per heavy atom. The predicted molar refractivity (Wildman–Crippen MR) is 67.1 cm³/mol. The highest BCUT2D eigenvalue weighted by atomic mass is 15.1. The Hall–Kier alpha value is -1.65. The van der Waals surface area contributed by atoms with Crippen molar-refractivity contribution in [1.29, 1.82) is 0 Å². The number of fused-ring (bicyclic) bond motifs is 1. The van der Waals surface area contributed by atoms with Crippen LogP contribution in [0.4, 0.5) is 5.82 Å². The zero-order chi connectivity index (χ0) is 11.7. The van der Waals surface area contributed by atoms with Gasteiger partial charge in [-0.15, -0.1) is 0 Å². The number of anilines is 1. The Morgan fingerprint density at radius 1 is 1.35 bits per heavy atom. The van der Waals surface area contributed by atoms with Crippen LogP contribution in [0.5, 0.6) is 0 Å². The first-order valence-corrected chi connectivity index (χ1v) is 6.33. The maximum atomic E-state index is 4.59. The Labute approximate surface area is 100 Å². The first kappa shape index (κ1) is 10.5. The summed E-state index contributed by atoms with van der Waals surface area (Å²) >= 11 is 0. The molecule has 2 N–H and O–H groups in total. The van der Waals surface area contributed by atoms with Gasteiger partial charge in [-0.2, -0.15) is 0 Å². The predicted octanol–water partition coefficient (Wildman–Crippen LogP) is 2.44.